The van der Waals surface area contributed by atoms with Crippen LogP contribution in [0.25, 0.3) is 0 Å². The molecule has 0 fully saturated rings. The summed E-state index contributed by atoms with van der Waals surface area (Å²) in [7, 11) is -0.528. The second kappa shape index (κ2) is 8.41. The minimum atomic E-state index is -3.52. The Hall–Kier alpha value is -1.70. The Bertz CT molecular complexity index is 769. The summed E-state index contributed by atoms with van der Waals surface area (Å²) in [6.07, 6.45) is 2.10. The number of nitrogens with one attached hydrogen (secondary N) is 1. The largest absolute Gasteiger partial charge is 0.352 e. The van der Waals surface area contributed by atoms with E-state index in [9.17, 15) is 13.2 Å². The van der Waals surface area contributed by atoms with Gasteiger partial charge in [-0.05, 0) is 35.9 Å². The highest BCUT2D eigenvalue weighted by Gasteiger charge is 2.20. The molecule has 0 aliphatic carbocycles. The van der Waals surface area contributed by atoms with Crippen LogP contribution in [0.2, 0.25) is 0 Å². The molecule has 0 spiro atoms. The van der Waals surface area contributed by atoms with E-state index in [2.05, 4.69) is 11.4 Å². The molecule has 5 nitrogen and oxygen atoms in total. The first-order valence-corrected chi connectivity index (χ1v) is 10.0. The zero-order chi connectivity index (χ0) is 17.6. The van der Waals surface area contributed by atoms with Crippen molar-refractivity contribution in [1.82, 2.24) is 9.62 Å². The molecule has 7 heteroatoms. The van der Waals surface area contributed by atoms with Gasteiger partial charge in [-0.15, -0.1) is 11.3 Å². The van der Waals surface area contributed by atoms with E-state index in [0.29, 0.717) is 12.0 Å². The molecule has 0 saturated carbocycles. The Kier molecular flexibility index (Phi) is 6.53. The third kappa shape index (κ3) is 4.90. The molecule has 0 atom stereocenters. The molecule has 1 amide bonds. The van der Waals surface area contributed by atoms with E-state index in [1.165, 1.54) is 23.3 Å². The van der Waals surface area contributed by atoms with Gasteiger partial charge in [0.15, 0.2) is 0 Å². The maximum Gasteiger partial charge on any atom is 0.242 e. The van der Waals surface area contributed by atoms with E-state index in [-0.39, 0.29) is 17.3 Å². The topological polar surface area (TPSA) is 66.5 Å². The summed E-state index contributed by atoms with van der Waals surface area (Å²) in [6, 6.07) is 10.8. The minimum Gasteiger partial charge on any atom is -0.352 e. The number of amides is 1. The average Bonchev–Trinajstić information content (AvgIpc) is 3.06. The van der Waals surface area contributed by atoms with Crippen molar-refractivity contribution in [2.75, 3.05) is 14.1 Å². The van der Waals surface area contributed by atoms with Crippen LogP contribution in [0.4, 0.5) is 0 Å². The summed E-state index contributed by atoms with van der Waals surface area (Å²) in [5.74, 6) is -0.0661. The van der Waals surface area contributed by atoms with Gasteiger partial charge in [0.1, 0.15) is 0 Å². The molecule has 0 unspecified atom stereocenters. The molecule has 24 heavy (non-hydrogen) atoms. The van der Waals surface area contributed by atoms with Crippen LogP contribution in [0.3, 0.4) is 0 Å². The lowest BCUT2D eigenvalue weighted by Gasteiger charge is -2.15. The van der Waals surface area contributed by atoms with Crippen LogP contribution >= 0.6 is 11.3 Å². The molecule has 1 N–H and O–H groups in total. The van der Waals surface area contributed by atoms with Crippen molar-refractivity contribution in [3.63, 3.8) is 0 Å². The van der Waals surface area contributed by atoms with E-state index < -0.39 is 10.0 Å². The molecule has 1 heterocycles. The van der Waals surface area contributed by atoms with Crippen molar-refractivity contribution in [1.29, 1.82) is 0 Å². The van der Waals surface area contributed by atoms with E-state index in [1.54, 1.807) is 35.6 Å². The summed E-state index contributed by atoms with van der Waals surface area (Å²) in [5.41, 5.74) is 0.595. The van der Waals surface area contributed by atoms with Crippen LogP contribution in [0.1, 0.15) is 23.3 Å². The predicted octanol–water partition coefficient (Wildman–Crippen LogP) is 2.64. The highest BCUT2D eigenvalue weighted by molar-refractivity contribution is 7.89. The number of sulfonamides is 1. The first-order chi connectivity index (χ1) is 11.4. The molecule has 0 aliphatic rings. The molecule has 0 radical (unpaired) electrons. The second-order valence-corrected chi connectivity index (χ2v) is 8.76. The Labute approximate surface area is 147 Å². The van der Waals surface area contributed by atoms with Gasteiger partial charge in [0, 0.05) is 31.9 Å². The van der Waals surface area contributed by atoms with Crippen molar-refractivity contribution >= 4 is 27.3 Å². The maximum atomic E-state index is 12.3. The molecule has 0 aliphatic heterocycles. The number of thiophene rings is 1. The van der Waals surface area contributed by atoms with Gasteiger partial charge in [-0.2, -0.15) is 0 Å². The van der Waals surface area contributed by atoms with Crippen LogP contribution in [0, 0.1) is 0 Å². The van der Waals surface area contributed by atoms with Crippen molar-refractivity contribution in [3.8, 4) is 0 Å². The second-order valence-electron chi connectivity index (χ2n) is 5.60. The highest BCUT2D eigenvalue weighted by atomic mass is 32.2. The lowest BCUT2D eigenvalue weighted by Crippen LogP contribution is -2.27. The zero-order valence-corrected chi connectivity index (χ0v) is 15.5. The SMILES string of the molecule is CN(C)S(=O)(=O)c1ccccc1CNC(=O)CCCc1cccs1. The summed E-state index contributed by atoms with van der Waals surface area (Å²) >= 11 is 1.69. The fraction of sp³-hybridized carbons (Fsp3) is 0.353. The molecular formula is C17H22N2O3S2. The fourth-order valence-corrected chi connectivity index (χ4v) is 4.13. The van der Waals surface area contributed by atoms with Crippen molar-refractivity contribution in [2.24, 2.45) is 0 Å². The normalized spacial score (nSPS) is 11.6. The van der Waals surface area contributed by atoms with Gasteiger partial charge in [0.25, 0.3) is 0 Å². The molecule has 2 aromatic rings. The number of hydrogen-bond acceptors (Lipinski definition) is 4. The predicted molar refractivity (Wildman–Crippen MR) is 96.4 cm³/mol. The number of carbonyl (C=O) groups is 1. The smallest absolute Gasteiger partial charge is 0.242 e. The third-order valence-electron chi connectivity index (χ3n) is 3.61. The Morgan fingerprint density at radius 3 is 2.58 bits per heavy atom. The number of rotatable bonds is 8. The van der Waals surface area contributed by atoms with E-state index in [0.717, 1.165) is 12.8 Å². The van der Waals surface area contributed by atoms with Crippen molar-refractivity contribution in [2.45, 2.75) is 30.7 Å². The van der Waals surface area contributed by atoms with Crippen molar-refractivity contribution in [3.05, 3.63) is 52.2 Å². The van der Waals surface area contributed by atoms with Crippen LogP contribution in [0.15, 0.2) is 46.7 Å². The standard InChI is InChI=1S/C17H22N2O3S2/c1-19(2)24(21,22)16-10-4-3-7-14(16)13-18-17(20)11-5-8-15-9-6-12-23-15/h3-4,6-7,9-10,12H,5,8,11,13H2,1-2H3,(H,18,20). The number of nitrogens with zero attached hydrogens (tertiary/aromatic N) is 1. The van der Waals surface area contributed by atoms with Gasteiger partial charge in [-0.1, -0.05) is 24.3 Å². The zero-order valence-electron chi connectivity index (χ0n) is 13.9. The van der Waals surface area contributed by atoms with Crippen LogP contribution in [0.5, 0.6) is 0 Å². The molecule has 0 bridgehead atoms. The van der Waals surface area contributed by atoms with Gasteiger partial charge in [0.05, 0.1) is 4.90 Å². The summed E-state index contributed by atoms with van der Waals surface area (Å²) in [5, 5.41) is 4.84. The quantitative estimate of drug-likeness (QED) is 0.781. The number of benzene rings is 1. The third-order valence-corrected chi connectivity index (χ3v) is 6.47. The maximum absolute atomic E-state index is 12.3. The van der Waals surface area contributed by atoms with Crippen molar-refractivity contribution < 1.29 is 13.2 Å². The highest BCUT2D eigenvalue weighted by Crippen LogP contribution is 2.18. The number of carbonyl (C=O) groups excluding carboxylic acids is 1. The Balaban J connectivity index is 1.91. The van der Waals surface area contributed by atoms with Gasteiger partial charge in [-0.3, -0.25) is 4.79 Å². The Morgan fingerprint density at radius 1 is 1.17 bits per heavy atom. The van der Waals surface area contributed by atoms with E-state index in [1.807, 2.05) is 11.4 Å². The van der Waals surface area contributed by atoms with Crippen LogP contribution in [-0.2, 0) is 27.8 Å². The minimum absolute atomic E-state index is 0.0661. The molecule has 130 valence electrons. The van der Waals surface area contributed by atoms with Gasteiger partial charge >= 0.3 is 0 Å². The lowest BCUT2D eigenvalue weighted by molar-refractivity contribution is -0.121. The summed E-state index contributed by atoms with van der Waals surface area (Å²) < 4.78 is 25.8. The van der Waals surface area contributed by atoms with Gasteiger partial charge < -0.3 is 5.32 Å². The number of hydrogen-bond donors (Lipinski definition) is 1. The fourth-order valence-electron chi connectivity index (χ4n) is 2.26. The number of aryl methyl sites for hydroxylation is 1. The molecule has 1 aromatic carbocycles. The average molecular weight is 367 g/mol. The van der Waals surface area contributed by atoms with Gasteiger partial charge in [-0.25, -0.2) is 12.7 Å². The van der Waals surface area contributed by atoms with E-state index in [4.69, 9.17) is 0 Å². The molecule has 2 rings (SSSR count). The van der Waals surface area contributed by atoms with Crippen LogP contribution < -0.4 is 5.32 Å². The first-order valence-electron chi connectivity index (χ1n) is 7.71. The monoisotopic (exact) mass is 366 g/mol. The van der Waals surface area contributed by atoms with Crippen LogP contribution in [-0.4, -0.2) is 32.7 Å². The lowest BCUT2D eigenvalue weighted by atomic mass is 10.2. The first kappa shape index (κ1) is 18.6. The Morgan fingerprint density at radius 2 is 1.92 bits per heavy atom. The summed E-state index contributed by atoms with van der Waals surface area (Å²) in [4.78, 5) is 13.5. The van der Waals surface area contributed by atoms with E-state index >= 15 is 0 Å². The molecular weight excluding hydrogens is 344 g/mol. The molecule has 1 aromatic heterocycles. The molecule has 0 saturated heterocycles. The van der Waals surface area contributed by atoms with Gasteiger partial charge in [0.2, 0.25) is 15.9 Å². The summed E-state index contributed by atoms with van der Waals surface area (Å²) in [6.45, 7) is 0.209.